The van der Waals surface area contributed by atoms with Crippen molar-refractivity contribution in [2.24, 2.45) is 11.8 Å². The standard InChI is InChI=1S/C14H19ClFN/c15-8-12-4-2-5-13(12)10-17-9-11-3-1-6-14(16)7-11/h1,3,6-7,12-13,17H,2,4-5,8-10H2. The van der Waals surface area contributed by atoms with E-state index >= 15 is 0 Å². The Labute approximate surface area is 107 Å². The molecule has 0 amide bonds. The normalized spacial score (nSPS) is 24.1. The van der Waals surface area contributed by atoms with Crippen LogP contribution in [0.25, 0.3) is 0 Å². The van der Waals surface area contributed by atoms with Crippen molar-refractivity contribution in [1.29, 1.82) is 0 Å². The summed E-state index contributed by atoms with van der Waals surface area (Å²) in [5.74, 6) is 1.97. The van der Waals surface area contributed by atoms with E-state index in [4.69, 9.17) is 11.6 Å². The van der Waals surface area contributed by atoms with E-state index in [1.54, 1.807) is 12.1 Å². The summed E-state index contributed by atoms with van der Waals surface area (Å²) in [6.07, 6.45) is 3.83. The molecule has 1 fully saturated rings. The van der Waals surface area contributed by atoms with E-state index in [-0.39, 0.29) is 5.82 Å². The van der Waals surface area contributed by atoms with E-state index < -0.39 is 0 Å². The van der Waals surface area contributed by atoms with Crippen LogP contribution in [0, 0.1) is 17.7 Å². The molecule has 0 spiro atoms. The third-order valence-corrected chi connectivity index (χ3v) is 4.04. The molecule has 2 unspecified atom stereocenters. The lowest BCUT2D eigenvalue weighted by atomic mass is 9.98. The molecule has 1 saturated carbocycles. The van der Waals surface area contributed by atoms with Gasteiger partial charge in [0.15, 0.2) is 0 Å². The molecule has 2 atom stereocenters. The van der Waals surface area contributed by atoms with Crippen molar-refractivity contribution in [3.63, 3.8) is 0 Å². The highest BCUT2D eigenvalue weighted by Crippen LogP contribution is 2.31. The van der Waals surface area contributed by atoms with Gasteiger partial charge < -0.3 is 5.32 Å². The van der Waals surface area contributed by atoms with E-state index in [0.29, 0.717) is 11.8 Å². The van der Waals surface area contributed by atoms with Gasteiger partial charge >= 0.3 is 0 Å². The second kappa shape index (κ2) is 6.36. The fraction of sp³-hybridized carbons (Fsp3) is 0.571. The largest absolute Gasteiger partial charge is 0.312 e. The van der Waals surface area contributed by atoms with Gasteiger partial charge in [-0.1, -0.05) is 18.6 Å². The fourth-order valence-corrected chi connectivity index (χ4v) is 3.04. The van der Waals surface area contributed by atoms with Crippen molar-refractivity contribution in [2.45, 2.75) is 25.8 Å². The highest BCUT2D eigenvalue weighted by atomic mass is 35.5. The molecule has 0 radical (unpaired) electrons. The van der Waals surface area contributed by atoms with Gasteiger partial charge in [-0.3, -0.25) is 0 Å². The monoisotopic (exact) mass is 255 g/mol. The molecule has 1 aromatic carbocycles. The van der Waals surface area contributed by atoms with Crippen LogP contribution in [-0.4, -0.2) is 12.4 Å². The minimum absolute atomic E-state index is 0.163. The van der Waals surface area contributed by atoms with Gasteiger partial charge in [-0.25, -0.2) is 4.39 Å². The Balaban J connectivity index is 1.76. The first kappa shape index (κ1) is 12.8. The summed E-state index contributed by atoms with van der Waals surface area (Å²) in [6, 6.07) is 6.76. The molecule has 94 valence electrons. The first-order valence-electron chi connectivity index (χ1n) is 6.30. The predicted octanol–water partition coefficient (Wildman–Crippen LogP) is 3.57. The van der Waals surface area contributed by atoms with E-state index in [0.717, 1.165) is 24.5 Å². The highest BCUT2D eigenvalue weighted by Gasteiger charge is 2.25. The average molecular weight is 256 g/mol. The molecule has 1 nitrogen and oxygen atoms in total. The van der Waals surface area contributed by atoms with Crippen molar-refractivity contribution >= 4 is 11.6 Å². The maximum absolute atomic E-state index is 13.0. The van der Waals surface area contributed by atoms with Gasteiger partial charge in [-0.2, -0.15) is 0 Å². The van der Waals surface area contributed by atoms with Gasteiger partial charge in [-0.15, -0.1) is 11.6 Å². The van der Waals surface area contributed by atoms with Crippen LogP contribution in [0.1, 0.15) is 24.8 Å². The minimum Gasteiger partial charge on any atom is -0.312 e. The number of hydrogen-bond donors (Lipinski definition) is 1. The molecule has 0 saturated heterocycles. The summed E-state index contributed by atoms with van der Waals surface area (Å²) < 4.78 is 13.0. The topological polar surface area (TPSA) is 12.0 Å². The Morgan fingerprint density at radius 3 is 2.88 bits per heavy atom. The molecule has 1 aliphatic carbocycles. The van der Waals surface area contributed by atoms with Gasteiger partial charge in [0.1, 0.15) is 5.82 Å². The molecule has 3 heteroatoms. The van der Waals surface area contributed by atoms with Gasteiger partial charge in [0, 0.05) is 12.4 Å². The lowest BCUT2D eigenvalue weighted by molar-refractivity contribution is 0.395. The Kier molecular flexibility index (Phi) is 4.81. The Bertz CT molecular complexity index is 356. The fourth-order valence-electron chi connectivity index (χ4n) is 2.63. The highest BCUT2D eigenvalue weighted by molar-refractivity contribution is 6.18. The molecule has 0 bridgehead atoms. The molecular weight excluding hydrogens is 237 g/mol. The molecule has 1 N–H and O–H groups in total. The zero-order chi connectivity index (χ0) is 12.1. The lowest BCUT2D eigenvalue weighted by Crippen LogP contribution is -2.25. The van der Waals surface area contributed by atoms with E-state index in [2.05, 4.69) is 5.32 Å². The number of halogens is 2. The number of benzene rings is 1. The first-order chi connectivity index (χ1) is 8.29. The number of alkyl halides is 1. The Hall–Kier alpha value is -0.600. The summed E-state index contributed by atoms with van der Waals surface area (Å²) in [5, 5.41) is 3.41. The molecule has 1 aliphatic rings. The van der Waals surface area contributed by atoms with Crippen LogP contribution in [0.15, 0.2) is 24.3 Å². The van der Waals surface area contributed by atoms with E-state index in [1.165, 1.54) is 25.3 Å². The zero-order valence-electron chi connectivity index (χ0n) is 9.96. The van der Waals surface area contributed by atoms with Crippen molar-refractivity contribution in [1.82, 2.24) is 5.32 Å². The number of rotatable bonds is 5. The van der Waals surface area contributed by atoms with Gasteiger partial charge in [0.25, 0.3) is 0 Å². The van der Waals surface area contributed by atoms with Crippen LogP contribution in [0.5, 0.6) is 0 Å². The number of nitrogens with one attached hydrogen (secondary N) is 1. The van der Waals surface area contributed by atoms with E-state index in [1.807, 2.05) is 6.07 Å². The molecular formula is C14H19ClFN. The smallest absolute Gasteiger partial charge is 0.123 e. The number of hydrogen-bond acceptors (Lipinski definition) is 1. The zero-order valence-corrected chi connectivity index (χ0v) is 10.7. The van der Waals surface area contributed by atoms with Crippen molar-refractivity contribution < 1.29 is 4.39 Å². The molecule has 0 aromatic heterocycles. The van der Waals surface area contributed by atoms with Crippen LogP contribution in [0.3, 0.4) is 0 Å². The predicted molar refractivity (Wildman–Crippen MR) is 69.7 cm³/mol. The van der Waals surface area contributed by atoms with Crippen LogP contribution in [0.2, 0.25) is 0 Å². The third kappa shape index (κ3) is 3.68. The van der Waals surface area contributed by atoms with Crippen LogP contribution in [-0.2, 0) is 6.54 Å². The SMILES string of the molecule is Fc1cccc(CNCC2CCCC2CCl)c1. The van der Waals surface area contributed by atoms with Gasteiger partial charge in [0.05, 0.1) is 0 Å². The lowest BCUT2D eigenvalue weighted by Gasteiger charge is -2.17. The second-order valence-electron chi connectivity index (χ2n) is 4.87. The van der Waals surface area contributed by atoms with Crippen LogP contribution in [0.4, 0.5) is 4.39 Å². The summed E-state index contributed by atoms with van der Waals surface area (Å²) >= 11 is 5.94. The first-order valence-corrected chi connectivity index (χ1v) is 6.84. The maximum Gasteiger partial charge on any atom is 0.123 e. The third-order valence-electron chi connectivity index (χ3n) is 3.64. The summed E-state index contributed by atoms with van der Waals surface area (Å²) in [6.45, 7) is 1.73. The van der Waals surface area contributed by atoms with Crippen LogP contribution >= 0.6 is 11.6 Å². The Morgan fingerprint density at radius 2 is 2.12 bits per heavy atom. The Morgan fingerprint density at radius 1 is 1.29 bits per heavy atom. The maximum atomic E-state index is 13.0. The molecule has 1 aromatic rings. The van der Waals surface area contributed by atoms with Crippen molar-refractivity contribution in [2.75, 3.05) is 12.4 Å². The molecule has 2 rings (SSSR count). The quantitative estimate of drug-likeness (QED) is 0.794. The summed E-state index contributed by atoms with van der Waals surface area (Å²) in [5.41, 5.74) is 1.01. The molecule has 0 heterocycles. The van der Waals surface area contributed by atoms with Crippen molar-refractivity contribution in [3.8, 4) is 0 Å². The van der Waals surface area contributed by atoms with Gasteiger partial charge in [-0.05, 0) is 48.9 Å². The van der Waals surface area contributed by atoms with Crippen LogP contribution < -0.4 is 5.32 Å². The molecule has 0 aliphatic heterocycles. The summed E-state index contributed by atoms with van der Waals surface area (Å²) in [4.78, 5) is 0. The summed E-state index contributed by atoms with van der Waals surface area (Å²) in [7, 11) is 0. The second-order valence-corrected chi connectivity index (χ2v) is 5.17. The molecule has 17 heavy (non-hydrogen) atoms. The van der Waals surface area contributed by atoms with Gasteiger partial charge in [0.2, 0.25) is 0 Å². The van der Waals surface area contributed by atoms with Crippen molar-refractivity contribution in [3.05, 3.63) is 35.6 Å². The average Bonchev–Trinajstić information content (AvgIpc) is 2.77. The van der Waals surface area contributed by atoms with E-state index in [9.17, 15) is 4.39 Å². The minimum atomic E-state index is -0.163.